The van der Waals surface area contributed by atoms with Crippen molar-refractivity contribution in [2.24, 2.45) is 0 Å². The van der Waals surface area contributed by atoms with E-state index in [-0.39, 0.29) is 22.6 Å². The second-order valence-corrected chi connectivity index (χ2v) is 10.6. The van der Waals surface area contributed by atoms with E-state index >= 15 is 0 Å². The van der Waals surface area contributed by atoms with Crippen LogP contribution in [0.25, 0.3) is 0 Å². The van der Waals surface area contributed by atoms with Gasteiger partial charge in [0.2, 0.25) is 5.91 Å². The highest BCUT2D eigenvalue weighted by Gasteiger charge is 2.35. The Labute approximate surface area is 206 Å². The molecule has 3 rings (SSSR count). The summed E-state index contributed by atoms with van der Waals surface area (Å²) in [7, 11) is 0. The molecule has 2 amide bonds. The molecule has 0 saturated heterocycles. The first kappa shape index (κ1) is 25.9. The molecule has 2 aromatic carbocycles. The number of hydrogen-bond donors (Lipinski definition) is 2. The fourth-order valence-electron chi connectivity index (χ4n) is 3.71. The molecule has 1 aromatic heterocycles. The van der Waals surface area contributed by atoms with Crippen molar-refractivity contribution in [2.75, 3.05) is 10.6 Å². The number of benzene rings is 2. The van der Waals surface area contributed by atoms with E-state index in [0.717, 1.165) is 11.6 Å². The van der Waals surface area contributed by atoms with Crippen molar-refractivity contribution in [1.29, 1.82) is 0 Å². The predicted octanol–water partition coefficient (Wildman–Crippen LogP) is 5.40. The average molecular weight is 477 g/mol. The lowest BCUT2D eigenvalue weighted by molar-refractivity contribution is -0.123. The van der Waals surface area contributed by atoms with Gasteiger partial charge in [0, 0.05) is 34.7 Å². The van der Waals surface area contributed by atoms with Gasteiger partial charge in [-0.05, 0) is 68.1 Å². The fraction of sp³-hybridized carbons (Fsp3) is 0.321. The van der Waals surface area contributed by atoms with E-state index in [2.05, 4.69) is 31.1 Å². The third kappa shape index (κ3) is 6.23. The van der Waals surface area contributed by atoms with E-state index in [1.807, 2.05) is 45.0 Å². The lowest BCUT2D eigenvalue weighted by Gasteiger charge is -2.34. The number of hydrogen-bond acceptors (Lipinski definition) is 4. The number of amides is 2. The number of nitrogen functional groups attached to an aromatic ring is 1. The summed E-state index contributed by atoms with van der Waals surface area (Å²) < 4.78 is 13.9. The fourth-order valence-corrected chi connectivity index (χ4v) is 3.71. The molecule has 0 aliphatic carbocycles. The van der Waals surface area contributed by atoms with Crippen molar-refractivity contribution in [1.82, 2.24) is 10.3 Å². The summed E-state index contributed by atoms with van der Waals surface area (Å²) in [5.74, 6) is -1.47. The van der Waals surface area contributed by atoms with Gasteiger partial charge in [-0.15, -0.1) is 0 Å². The Morgan fingerprint density at radius 1 is 1.00 bits per heavy atom. The minimum Gasteiger partial charge on any atom is -0.396 e. The number of nitrogens with one attached hydrogen (secondary N) is 1. The van der Waals surface area contributed by atoms with Gasteiger partial charge in [-0.25, -0.2) is 4.39 Å². The quantitative estimate of drug-likeness (QED) is 0.483. The highest BCUT2D eigenvalue weighted by Crippen LogP contribution is 2.32. The van der Waals surface area contributed by atoms with Crippen molar-refractivity contribution in [3.05, 3.63) is 89.5 Å². The van der Waals surface area contributed by atoms with Crippen molar-refractivity contribution >= 4 is 23.2 Å². The van der Waals surface area contributed by atoms with Crippen molar-refractivity contribution < 1.29 is 14.0 Å². The monoisotopic (exact) mass is 476 g/mol. The van der Waals surface area contributed by atoms with Gasteiger partial charge in [0.25, 0.3) is 5.91 Å². The van der Waals surface area contributed by atoms with E-state index in [1.165, 1.54) is 17.0 Å². The van der Waals surface area contributed by atoms with Crippen LogP contribution in [0.5, 0.6) is 0 Å². The molecular formula is C28H33FN4O2. The summed E-state index contributed by atoms with van der Waals surface area (Å²) in [6.07, 6.45) is 3.17. The number of nitrogens with zero attached hydrogens (tertiary/aromatic N) is 2. The average Bonchev–Trinajstić information content (AvgIpc) is 2.77. The van der Waals surface area contributed by atoms with E-state index in [4.69, 9.17) is 5.73 Å². The van der Waals surface area contributed by atoms with Crippen LogP contribution in [-0.2, 0) is 10.2 Å². The van der Waals surface area contributed by atoms with Gasteiger partial charge in [-0.3, -0.25) is 19.5 Å². The third-order valence-electron chi connectivity index (χ3n) is 5.48. The van der Waals surface area contributed by atoms with Crippen LogP contribution in [0.2, 0.25) is 0 Å². The van der Waals surface area contributed by atoms with Crippen molar-refractivity contribution in [3.8, 4) is 0 Å². The number of aromatic nitrogens is 1. The van der Waals surface area contributed by atoms with Gasteiger partial charge in [0.15, 0.2) is 0 Å². The predicted molar refractivity (Wildman–Crippen MR) is 138 cm³/mol. The topological polar surface area (TPSA) is 88.3 Å². The smallest absolute Gasteiger partial charge is 0.259 e. The maximum Gasteiger partial charge on any atom is 0.259 e. The minimum absolute atomic E-state index is 0.0921. The summed E-state index contributed by atoms with van der Waals surface area (Å²) >= 11 is 0. The van der Waals surface area contributed by atoms with Gasteiger partial charge in [0.05, 0.1) is 5.69 Å². The zero-order valence-corrected chi connectivity index (χ0v) is 21.1. The second-order valence-electron chi connectivity index (χ2n) is 10.6. The lowest BCUT2D eigenvalue weighted by atomic mass is 9.87. The van der Waals surface area contributed by atoms with Gasteiger partial charge in [-0.1, -0.05) is 39.0 Å². The largest absolute Gasteiger partial charge is 0.396 e. The van der Waals surface area contributed by atoms with Crippen LogP contribution in [-0.4, -0.2) is 22.3 Å². The Morgan fingerprint density at radius 2 is 1.66 bits per heavy atom. The van der Waals surface area contributed by atoms with Gasteiger partial charge >= 0.3 is 0 Å². The van der Waals surface area contributed by atoms with E-state index < -0.39 is 23.3 Å². The maximum absolute atomic E-state index is 13.9. The molecular weight excluding hydrogens is 443 g/mol. The number of anilines is 2. The van der Waals surface area contributed by atoms with Crippen LogP contribution in [0.1, 0.15) is 69.1 Å². The van der Waals surface area contributed by atoms with Crippen LogP contribution in [0.4, 0.5) is 15.8 Å². The molecule has 1 atom stereocenters. The van der Waals surface area contributed by atoms with E-state index in [0.29, 0.717) is 11.3 Å². The molecule has 1 heterocycles. The Bertz CT molecular complexity index is 1200. The van der Waals surface area contributed by atoms with Crippen LogP contribution >= 0.6 is 0 Å². The number of nitrogens with two attached hydrogens (primary N) is 1. The number of pyridine rings is 1. The molecule has 1 unspecified atom stereocenters. The summed E-state index contributed by atoms with van der Waals surface area (Å²) in [4.78, 5) is 33.2. The van der Waals surface area contributed by atoms with Gasteiger partial charge in [0.1, 0.15) is 11.9 Å². The highest BCUT2D eigenvalue weighted by atomic mass is 19.1. The normalized spacial score (nSPS) is 12.7. The summed E-state index contributed by atoms with van der Waals surface area (Å²) in [5, 5.41) is 2.99. The number of rotatable bonds is 5. The van der Waals surface area contributed by atoms with Gasteiger partial charge < -0.3 is 11.1 Å². The summed E-state index contributed by atoms with van der Waals surface area (Å²) in [5.41, 5.74) is 7.29. The maximum atomic E-state index is 13.9. The summed E-state index contributed by atoms with van der Waals surface area (Å²) in [6, 6.07) is 13.8. The zero-order valence-electron chi connectivity index (χ0n) is 21.1. The Kier molecular flexibility index (Phi) is 7.29. The third-order valence-corrected chi connectivity index (χ3v) is 5.48. The molecule has 0 radical (unpaired) electrons. The molecule has 3 aromatic rings. The first-order valence-electron chi connectivity index (χ1n) is 11.5. The zero-order chi connectivity index (χ0) is 26.0. The van der Waals surface area contributed by atoms with Crippen molar-refractivity contribution in [3.63, 3.8) is 0 Å². The van der Waals surface area contributed by atoms with Crippen molar-refractivity contribution in [2.45, 2.75) is 58.5 Å². The van der Waals surface area contributed by atoms with Crippen LogP contribution in [0, 0.1) is 5.82 Å². The second kappa shape index (κ2) is 9.86. The van der Waals surface area contributed by atoms with E-state index in [1.54, 1.807) is 24.5 Å². The Morgan fingerprint density at radius 3 is 2.17 bits per heavy atom. The van der Waals surface area contributed by atoms with Gasteiger partial charge in [-0.2, -0.15) is 0 Å². The molecule has 35 heavy (non-hydrogen) atoms. The molecule has 7 heteroatoms. The molecule has 0 bridgehead atoms. The summed E-state index contributed by atoms with van der Waals surface area (Å²) in [6.45, 7) is 11.9. The van der Waals surface area contributed by atoms with E-state index in [9.17, 15) is 14.0 Å². The first-order chi connectivity index (χ1) is 16.3. The molecule has 6 nitrogen and oxygen atoms in total. The SMILES string of the molecule is CC(C)(C)NC(=O)C(c1cccnc1)N(C(=O)c1ccc(F)c(N)c1)c1ccc(C(C)(C)C)cc1. The Hall–Kier alpha value is -3.74. The molecule has 3 N–H and O–H groups in total. The molecule has 184 valence electrons. The first-order valence-corrected chi connectivity index (χ1v) is 11.5. The molecule has 0 fully saturated rings. The number of carbonyl (C=O) groups is 2. The Balaban J connectivity index is 2.21. The highest BCUT2D eigenvalue weighted by molar-refractivity contribution is 6.10. The molecule has 0 aliphatic rings. The van der Waals surface area contributed by atoms with Crippen LogP contribution < -0.4 is 16.0 Å². The number of carbonyl (C=O) groups excluding carboxylic acids is 2. The standard InChI is InChI=1S/C28H33FN4O2/c1-27(2,3)20-10-12-21(13-11-20)33(26(35)18-9-14-22(29)23(30)16-18)24(19-8-7-15-31-17-19)25(34)32-28(4,5)6/h7-17,24H,30H2,1-6H3,(H,32,34). The minimum atomic E-state index is -1.03. The molecule has 0 spiro atoms. The lowest BCUT2D eigenvalue weighted by Crippen LogP contribution is -2.49. The number of halogens is 1. The molecule has 0 aliphatic heterocycles. The van der Waals surface area contributed by atoms with Crippen LogP contribution in [0.15, 0.2) is 67.0 Å². The van der Waals surface area contributed by atoms with Crippen LogP contribution in [0.3, 0.4) is 0 Å². The molecule has 0 saturated carbocycles.